The predicted molar refractivity (Wildman–Crippen MR) is 96.2 cm³/mol. The van der Waals surface area contributed by atoms with Gasteiger partial charge in [0.15, 0.2) is 5.76 Å². The maximum atomic E-state index is 13.7. The van der Waals surface area contributed by atoms with Gasteiger partial charge in [0.1, 0.15) is 11.6 Å². The van der Waals surface area contributed by atoms with Crippen molar-refractivity contribution >= 4 is 5.91 Å². The first-order valence-corrected chi connectivity index (χ1v) is 8.49. The molecule has 1 aromatic heterocycles. The molecule has 0 aliphatic heterocycles. The van der Waals surface area contributed by atoms with Crippen LogP contribution < -0.4 is 5.32 Å². The normalized spacial score (nSPS) is 12.6. The van der Waals surface area contributed by atoms with Crippen LogP contribution in [0.1, 0.15) is 40.2 Å². The summed E-state index contributed by atoms with van der Waals surface area (Å²) in [6, 6.07) is 11.7. The number of furan rings is 1. The number of carbonyl (C=O) groups is 1. The number of hydrogen-bond acceptors (Lipinski definition) is 2. The van der Waals surface area contributed by atoms with E-state index in [1.807, 2.05) is 0 Å². The van der Waals surface area contributed by atoms with E-state index >= 15 is 0 Å². The van der Waals surface area contributed by atoms with Crippen molar-refractivity contribution in [2.75, 3.05) is 0 Å². The van der Waals surface area contributed by atoms with Crippen LogP contribution >= 0.6 is 0 Å². The third-order valence-electron chi connectivity index (χ3n) is 4.35. The molecule has 0 fully saturated rings. The van der Waals surface area contributed by atoms with E-state index in [2.05, 4.69) is 5.32 Å². The highest BCUT2D eigenvalue weighted by Gasteiger charge is 2.30. The molecule has 3 aromatic rings. The number of carbonyl (C=O) groups excluding carboxylic acids is 1. The van der Waals surface area contributed by atoms with E-state index in [1.165, 1.54) is 30.3 Å². The molecule has 0 unspecified atom stereocenters. The summed E-state index contributed by atoms with van der Waals surface area (Å²) in [5, 5.41) is 2.68. The summed E-state index contributed by atoms with van der Waals surface area (Å²) in [7, 11) is 0. The van der Waals surface area contributed by atoms with Crippen molar-refractivity contribution in [2.24, 2.45) is 0 Å². The fourth-order valence-corrected chi connectivity index (χ4v) is 2.69. The molecule has 3 nitrogen and oxygen atoms in total. The van der Waals surface area contributed by atoms with Crippen LogP contribution in [0, 0.1) is 12.7 Å². The number of rotatable bonds is 4. The Labute approximate surface area is 159 Å². The van der Waals surface area contributed by atoms with Crippen molar-refractivity contribution in [1.29, 1.82) is 0 Å². The van der Waals surface area contributed by atoms with E-state index in [0.717, 1.165) is 12.1 Å². The van der Waals surface area contributed by atoms with Crippen LogP contribution in [0.25, 0.3) is 11.3 Å². The summed E-state index contributed by atoms with van der Waals surface area (Å²) in [4.78, 5) is 12.4. The van der Waals surface area contributed by atoms with Gasteiger partial charge in [-0.2, -0.15) is 13.2 Å². The Morgan fingerprint density at radius 2 is 1.82 bits per heavy atom. The van der Waals surface area contributed by atoms with E-state index in [1.54, 1.807) is 26.0 Å². The van der Waals surface area contributed by atoms with Gasteiger partial charge in [-0.05, 0) is 55.3 Å². The zero-order valence-electron chi connectivity index (χ0n) is 15.1. The summed E-state index contributed by atoms with van der Waals surface area (Å²) in [6.07, 6.45) is -4.47. The average Bonchev–Trinajstić information content (AvgIpc) is 3.13. The third-order valence-corrected chi connectivity index (χ3v) is 4.35. The highest BCUT2D eigenvalue weighted by Crippen LogP contribution is 2.32. The topological polar surface area (TPSA) is 42.2 Å². The molecule has 0 aliphatic rings. The third kappa shape index (κ3) is 4.24. The first-order valence-electron chi connectivity index (χ1n) is 8.49. The van der Waals surface area contributed by atoms with Crippen LogP contribution in [-0.2, 0) is 6.18 Å². The first-order chi connectivity index (χ1) is 13.1. The van der Waals surface area contributed by atoms with Crippen LogP contribution in [0.15, 0.2) is 59.0 Å². The Morgan fingerprint density at radius 3 is 2.50 bits per heavy atom. The monoisotopic (exact) mass is 391 g/mol. The lowest BCUT2D eigenvalue weighted by atomic mass is 10.1. The minimum Gasteiger partial charge on any atom is -0.451 e. The largest absolute Gasteiger partial charge is 0.451 e. The van der Waals surface area contributed by atoms with Crippen molar-refractivity contribution in [3.05, 3.63) is 82.9 Å². The average molecular weight is 391 g/mol. The minimum absolute atomic E-state index is 0.0492. The fraction of sp³-hybridized carbons (Fsp3) is 0.190. The summed E-state index contributed by atoms with van der Waals surface area (Å²) in [5.41, 5.74) is 0.491. The molecule has 0 spiro atoms. The number of amides is 1. The van der Waals surface area contributed by atoms with Crippen molar-refractivity contribution in [1.82, 2.24) is 5.32 Å². The highest BCUT2D eigenvalue weighted by atomic mass is 19.4. The molecule has 0 saturated carbocycles. The second-order valence-corrected chi connectivity index (χ2v) is 6.45. The lowest BCUT2D eigenvalue weighted by Crippen LogP contribution is -2.26. The van der Waals surface area contributed by atoms with Gasteiger partial charge in [-0.1, -0.05) is 24.3 Å². The summed E-state index contributed by atoms with van der Waals surface area (Å²) < 4.78 is 57.7. The molecule has 0 aliphatic carbocycles. The van der Waals surface area contributed by atoms with E-state index in [0.29, 0.717) is 11.1 Å². The molecule has 1 N–H and O–H groups in total. The number of aryl methyl sites for hydroxylation is 1. The molecular formula is C21H17F4NO2. The molecule has 28 heavy (non-hydrogen) atoms. The standard InChI is InChI=1S/C21H17F4NO2/c1-12-6-7-14(11-17(12)22)13(2)26-20(27)19-9-8-18(28-19)15-4-3-5-16(10-15)21(23,24)25/h3-11,13H,1-2H3,(H,26,27)/t13-/m1/s1. The smallest absolute Gasteiger partial charge is 0.416 e. The molecule has 0 radical (unpaired) electrons. The van der Waals surface area contributed by atoms with E-state index in [9.17, 15) is 22.4 Å². The van der Waals surface area contributed by atoms with Crippen LogP contribution in [0.5, 0.6) is 0 Å². The number of nitrogens with one attached hydrogen (secondary N) is 1. The molecule has 0 saturated heterocycles. The Morgan fingerprint density at radius 1 is 1.07 bits per heavy atom. The van der Waals surface area contributed by atoms with E-state index in [4.69, 9.17) is 4.42 Å². The minimum atomic E-state index is -4.47. The van der Waals surface area contributed by atoms with E-state index < -0.39 is 23.7 Å². The summed E-state index contributed by atoms with van der Waals surface area (Å²) in [5.74, 6) is -0.827. The number of hydrogen-bond donors (Lipinski definition) is 1. The Balaban J connectivity index is 1.76. The lowest BCUT2D eigenvalue weighted by Gasteiger charge is -2.14. The highest BCUT2D eigenvalue weighted by molar-refractivity contribution is 5.92. The molecule has 1 heterocycles. The van der Waals surface area contributed by atoms with Gasteiger partial charge >= 0.3 is 6.18 Å². The number of halogens is 4. The van der Waals surface area contributed by atoms with Crippen LogP contribution in [0.3, 0.4) is 0 Å². The van der Waals surface area contributed by atoms with Gasteiger partial charge in [0.25, 0.3) is 5.91 Å². The van der Waals surface area contributed by atoms with Gasteiger partial charge in [-0.3, -0.25) is 4.79 Å². The molecular weight excluding hydrogens is 374 g/mol. The lowest BCUT2D eigenvalue weighted by molar-refractivity contribution is -0.137. The second kappa shape index (κ2) is 7.50. The van der Waals surface area contributed by atoms with Gasteiger partial charge in [0.05, 0.1) is 11.6 Å². The van der Waals surface area contributed by atoms with Crippen molar-refractivity contribution in [2.45, 2.75) is 26.1 Å². The quantitative estimate of drug-likeness (QED) is 0.563. The maximum Gasteiger partial charge on any atom is 0.416 e. The molecule has 3 rings (SSSR count). The molecule has 146 valence electrons. The summed E-state index contributed by atoms with van der Waals surface area (Å²) in [6.45, 7) is 3.33. The van der Waals surface area contributed by atoms with Crippen molar-refractivity contribution < 1.29 is 26.8 Å². The molecule has 7 heteroatoms. The Bertz CT molecular complexity index is 1010. The zero-order chi connectivity index (χ0) is 20.5. The summed E-state index contributed by atoms with van der Waals surface area (Å²) >= 11 is 0. The zero-order valence-corrected chi connectivity index (χ0v) is 15.1. The van der Waals surface area contributed by atoms with E-state index in [-0.39, 0.29) is 22.9 Å². The van der Waals surface area contributed by atoms with Gasteiger partial charge in [0.2, 0.25) is 0 Å². The van der Waals surface area contributed by atoms with Gasteiger partial charge < -0.3 is 9.73 Å². The Hall–Kier alpha value is -3.09. The van der Waals surface area contributed by atoms with Crippen LogP contribution in [0.4, 0.5) is 17.6 Å². The Kier molecular flexibility index (Phi) is 5.27. The van der Waals surface area contributed by atoms with Crippen LogP contribution in [-0.4, -0.2) is 5.91 Å². The van der Waals surface area contributed by atoms with Crippen molar-refractivity contribution in [3.8, 4) is 11.3 Å². The van der Waals surface area contributed by atoms with Gasteiger partial charge in [-0.15, -0.1) is 0 Å². The van der Waals surface area contributed by atoms with Gasteiger partial charge in [0, 0.05) is 5.56 Å². The van der Waals surface area contributed by atoms with Crippen LogP contribution in [0.2, 0.25) is 0 Å². The maximum absolute atomic E-state index is 13.7. The van der Waals surface area contributed by atoms with Crippen molar-refractivity contribution in [3.63, 3.8) is 0 Å². The number of alkyl halides is 3. The SMILES string of the molecule is Cc1ccc([C@@H](C)NC(=O)c2ccc(-c3cccc(C(F)(F)F)c3)o2)cc1F. The van der Waals surface area contributed by atoms with Gasteiger partial charge in [-0.25, -0.2) is 4.39 Å². The second-order valence-electron chi connectivity index (χ2n) is 6.45. The molecule has 1 amide bonds. The molecule has 1 atom stereocenters. The molecule has 2 aromatic carbocycles. The fourth-order valence-electron chi connectivity index (χ4n) is 2.69. The molecule has 0 bridgehead atoms. The predicted octanol–water partition coefficient (Wildman–Crippen LogP) is 5.90. The first kappa shape index (κ1) is 19.7. The number of benzene rings is 2.